The summed E-state index contributed by atoms with van der Waals surface area (Å²) in [5.41, 5.74) is 3.64. The second kappa shape index (κ2) is 6.35. The number of rotatable bonds is 4. The number of fused-ring (bicyclic) bond motifs is 1. The van der Waals surface area contributed by atoms with Gasteiger partial charge in [-0.1, -0.05) is 30.3 Å². The molecule has 4 nitrogen and oxygen atoms in total. The van der Waals surface area contributed by atoms with Crippen LogP contribution in [0, 0.1) is 6.92 Å². The third kappa shape index (κ3) is 3.28. The lowest BCUT2D eigenvalue weighted by Crippen LogP contribution is -2.25. The van der Waals surface area contributed by atoms with Gasteiger partial charge in [0.2, 0.25) is 5.91 Å². The van der Waals surface area contributed by atoms with Crippen molar-refractivity contribution in [3.63, 3.8) is 0 Å². The van der Waals surface area contributed by atoms with Crippen molar-refractivity contribution in [3.8, 4) is 0 Å². The first kappa shape index (κ1) is 14.2. The number of carbonyl (C=O) groups is 1. The van der Waals surface area contributed by atoms with Gasteiger partial charge in [-0.3, -0.25) is 14.8 Å². The smallest absolute Gasteiger partial charge is 0.224 e. The Labute approximate surface area is 129 Å². The molecule has 22 heavy (non-hydrogen) atoms. The zero-order valence-electron chi connectivity index (χ0n) is 12.4. The number of pyridine rings is 2. The Morgan fingerprint density at radius 3 is 2.77 bits per heavy atom. The Hall–Kier alpha value is -2.75. The average molecular weight is 291 g/mol. The Morgan fingerprint density at radius 1 is 1.09 bits per heavy atom. The van der Waals surface area contributed by atoms with Crippen LogP contribution in [0.3, 0.4) is 0 Å². The van der Waals surface area contributed by atoms with E-state index >= 15 is 0 Å². The summed E-state index contributed by atoms with van der Waals surface area (Å²) in [5, 5.41) is 3.96. The highest BCUT2D eigenvalue weighted by Crippen LogP contribution is 2.16. The van der Waals surface area contributed by atoms with Crippen molar-refractivity contribution in [3.05, 3.63) is 71.7 Å². The summed E-state index contributed by atoms with van der Waals surface area (Å²) in [7, 11) is 0. The minimum absolute atomic E-state index is 0.0264. The summed E-state index contributed by atoms with van der Waals surface area (Å²) in [5.74, 6) is -0.0264. The van der Waals surface area contributed by atoms with Gasteiger partial charge in [-0.05, 0) is 30.7 Å². The van der Waals surface area contributed by atoms with E-state index in [0.29, 0.717) is 13.0 Å². The van der Waals surface area contributed by atoms with Crippen LogP contribution >= 0.6 is 0 Å². The highest BCUT2D eigenvalue weighted by atomic mass is 16.1. The van der Waals surface area contributed by atoms with Crippen LogP contribution in [-0.4, -0.2) is 15.9 Å². The number of hydrogen-bond acceptors (Lipinski definition) is 3. The normalized spacial score (nSPS) is 10.6. The van der Waals surface area contributed by atoms with Gasteiger partial charge in [0.1, 0.15) is 0 Å². The molecule has 0 spiro atoms. The van der Waals surface area contributed by atoms with Crippen LogP contribution in [0.5, 0.6) is 0 Å². The number of nitrogens with one attached hydrogen (secondary N) is 1. The number of benzene rings is 1. The minimum Gasteiger partial charge on any atom is -0.350 e. The number of nitrogens with zero attached hydrogens (tertiary/aromatic N) is 2. The second-order valence-electron chi connectivity index (χ2n) is 5.22. The molecule has 1 N–H and O–H groups in total. The van der Waals surface area contributed by atoms with E-state index in [4.69, 9.17) is 0 Å². The molecule has 1 aromatic carbocycles. The third-order valence-electron chi connectivity index (χ3n) is 3.48. The van der Waals surface area contributed by atoms with Gasteiger partial charge in [0, 0.05) is 17.3 Å². The predicted molar refractivity (Wildman–Crippen MR) is 86.3 cm³/mol. The maximum atomic E-state index is 12.1. The standard InChI is InChI=1S/C18H17N3O/c1-13-5-2-9-16(21-13)12-20-17(22)11-15-7-3-6-14-8-4-10-19-18(14)15/h2-10H,11-12H2,1H3,(H,20,22). The highest BCUT2D eigenvalue weighted by molar-refractivity contribution is 5.87. The molecule has 2 aromatic heterocycles. The first-order valence-corrected chi connectivity index (χ1v) is 7.24. The van der Waals surface area contributed by atoms with E-state index in [1.165, 1.54) is 0 Å². The molecule has 0 aliphatic rings. The van der Waals surface area contributed by atoms with Crippen molar-refractivity contribution in [1.29, 1.82) is 0 Å². The quantitative estimate of drug-likeness (QED) is 0.804. The largest absolute Gasteiger partial charge is 0.350 e. The molecule has 0 aliphatic carbocycles. The number of para-hydroxylation sites is 1. The Kier molecular flexibility index (Phi) is 4.10. The molecule has 2 heterocycles. The molecule has 0 aliphatic heterocycles. The predicted octanol–water partition coefficient (Wildman–Crippen LogP) is 2.80. The maximum Gasteiger partial charge on any atom is 0.224 e. The zero-order chi connectivity index (χ0) is 15.4. The molecular weight excluding hydrogens is 274 g/mol. The fourth-order valence-electron chi connectivity index (χ4n) is 2.43. The molecule has 0 radical (unpaired) electrons. The lowest BCUT2D eigenvalue weighted by Gasteiger charge is -2.07. The van der Waals surface area contributed by atoms with E-state index < -0.39 is 0 Å². The molecule has 0 saturated carbocycles. The lowest BCUT2D eigenvalue weighted by molar-refractivity contribution is -0.120. The minimum atomic E-state index is -0.0264. The molecule has 1 amide bonds. The van der Waals surface area contributed by atoms with Crippen LogP contribution in [-0.2, 0) is 17.8 Å². The van der Waals surface area contributed by atoms with E-state index in [0.717, 1.165) is 27.9 Å². The van der Waals surface area contributed by atoms with Crippen LogP contribution in [0.1, 0.15) is 17.0 Å². The van der Waals surface area contributed by atoms with Crippen LogP contribution in [0.25, 0.3) is 10.9 Å². The first-order valence-electron chi connectivity index (χ1n) is 7.24. The van der Waals surface area contributed by atoms with Gasteiger partial charge in [-0.2, -0.15) is 0 Å². The summed E-state index contributed by atoms with van der Waals surface area (Å²) >= 11 is 0. The number of amides is 1. The van der Waals surface area contributed by atoms with Crippen LogP contribution in [0.15, 0.2) is 54.7 Å². The summed E-state index contributed by atoms with van der Waals surface area (Å²) in [4.78, 5) is 20.9. The average Bonchev–Trinajstić information content (AvgIpc) is 2.53. The summed E-state index contributed by atoms with van der Waals surface area (Å²) in [6, 6.07) is 15.6. The van der Waals surface area contributed by atoms with Gasteiger partial charge in [-0.25, -0.2) is 0 Å². The van der Waals surface area contributed by atoms with E-state index in [2.05, 4.69) is 15.3 Å². The Morgan fingerprint density at radius 2 is 1.91 bits per heavy atom. The first-order chi connectivity index (χ1) is 10.7. The molecule has 0 bridgehead atoms. The van der Waals surface area contributed by atoms with E-state index in [1.54, 1.807) is 6.20 Å². The van der Waals surface area contributed by atoms with Gasteiger partial charge >= 0.3 is 0 Å². The monoisotopic (exact) mass is 291 g/mol. The third-order valence-corrected chi connectivity index (χ3v) is 3.48. The van der Waals surface area contributed by atoms with Crippen molar-refractivity contribution in [2.24, 2.45) is 0 Å². The highest BCUT2D eigenvalue weighted by Gasteiger charge is 2.08. The molecule has 4 heteroatoms. The van der Waals surface area contributed by atoms with Crippen molar-refractivity contribution in [1.82, 2.24) is 15.3 Å². The molecule has 110 valence electrons. The zero-order valence-corrected chi connectivity index (χ0v) is 12.4. The fourth-order valence-corrected chi connectivity index (χ4v) is 2.43. The maximum absolute atomic E-state index is 12.1. The Bertz CT molecular complexity index is 809. The molecule has 0 saturated heterocycles. The number of hydrogen-bond donors (Lipinski definition) is 1. The summed E-state index contributed by atoms with van der Waals surface area (Å²) < 4.78 is 0. The van der Waals surface area contributed by atoms with Gasteiger partial charge in [0.15, 0.2) is 0 Å². The SMILES string of the molecule is Cc1cccc(CNC(=O)Cc2cccc3cccnc23)n1. The van der Waals surface area contributed by atoms with Crippen molar-refractivity contribution in [2.75, 3.05) is 0 Å². The van der Waals surface area contributed by atoms with Crippen LogP contribution < -0.4 is 5.32 Å². The van der Waals surface area contributed by atoms with Crippen molar-refractivity contribution < 1.29 is 4.79 Å². The number of aryl methyl sites for hydroxylation is 1. The lowest BCUT2D eigenvalue weighted by atomic mass is 10.1. The number of aromatic nitrogens is 2. The van der Waals surface area contributed by atoms with E-state index in [1.807, 2.05) is 55.5 Å². The molecule has 0 unspecified atom stereocenters. The van der Waals surface area contributed by atoms with Crippen molar-refractivity contribution >= 4 is 16.8 Å². The van der Waals surface area contributed by atoms with Gasteiger partial charge in [-0.15, -0.1) is 0 Å². The molecule has 3 aromatic rings. The summed E-state index contributed by atoms with van der Waals surface area (Å²) in [6.45, 7) is 2.38. The Balaban J connectivity index is 1.68. The van der Waals surface area contributed by atoms with Gasteiger partial charge in [0.05, 0.1) is 24.2 Å². The fraction of sp³-hybridized carbons (Fsp3) is 0.167. The molecule has 0 fully saturated rings. The second-order valence-corrected chi connectivity index (χ2v) is 5.22. The van der Waals surface area contributed by atoms with E-state index in [9.17, 15) is 4.79 Å². The van der Waals surface area contributed by atoms with Gasteiger partial charge in [0.25, 0.3) is 0 Å². The van der Waals surface area contributed by atoms with Gasteiger partial charge < -0.3 is 5.32 Å². The molecule has 3 rings (SSSR count). The van der Waals surface area contributed by atoms with E-state index in [-0.39, 0.29) is 5.91 Å². The topological polar surface area (TPSA) is 54.9 Å². The van der Waals surface area contributed by atoms with Crippen LogP contribution in [0.4, 0.5) is 0 Å². The molecular formula is C18H17N3O. The summed E-state index contributed by atoms with van der Waals surface area (Å²) in [6.07, 6.45) is 2.07. The van der Waals surface area contributed by atoms with Crippen molar-refractivity contribution in [2.45, 2.75) is 19.9 Å². The van der Waals surface area contributed by atoms with Crippen LogP contribution in [0.2, 0.25) is 0 Å². The number of carbonyl (C=O) groups excluding carboxylic acids is 1. The molecule has 0 atom stereocenters.